The van der Waals surface area contributed by atoms with Crippen molar-refractivity contribution in [2.75, 3.05) is 6.54 Å². The fraction of sp³-hybridized carbons (Fsp3) is 0.133. The van der Waals surface area contributed by atoms with Crippen LogP contribution in [0, 0.1) is 0 Å². The minimum Gasteiger partial charge on any atom is -0.478 e. The van der Waals surface area contributed by atoms with Crippen molar-refractivity contribution in [1.29, 1.82) is 0 Å². The standard InChI is InChI=1S/C15H15NO2/c16-9-8-11-4-3-5-12(10-11)13-6-1-2-7-14(13)15(17)18/h1-7,10H,8-9,16H2,(H,17,18). The second-order valence-electron chi connectivity index (χ2n) is 4.09. The molecule has 0 amide bonds. The van der Waals surface area contributed by atoms with Gasteiger partial charge < -0.3 is 10.8 Å². The topological polar surface area (TPSA) is 63.3 Å². The van der Waals surface area contributed by atoms with Gasteiger partial charge in [0.05, 0.1) is 5.56 Å². The fourth-order valence-electron chi connectivity index (χ4n) is 1.98. The lowest BCUT2D eigenvalue weighted by Gasteiger charge is -2.08. The molecule has 2 aromatic rings. The van der Waals surface area contributed by atoms with Gasteiger partial charge in [0, 0.05) is 0 Å². The van der Waals surface area contributed by atoms with E-state index < -0.39 is 5.97 Å². The number of carboxylic acids is 1. The molecule has 0 aliphatic carbocycles. The van der Waals surface area contributed by atoms with Gasteiger partial charge in [-0.15, -0.1) is 0 Å². The summed E-state index contributed by atoms with van der Waals surface area (Å²) in [6, 6.07) is 14.9. The molecule has 0 radical (unpaired) electrons. The maximum atomic E-state index is 11.2. The van der Waals surface area contributed by atoms with Gasteiger partial charge in [-0.2, -0.15) is 0 Å². The molecular formula is C15H15NO2. The predicted octanol–water partition coefficient (Wildman–Crippen LogP) is 2.55. The average molecular weight is 241 g/mol. The molecule has 0 saturated heterocycles. The van der Waals surface area contributed by atoms with Crippen molar-refractivity contribution in [3.05, 3.63) is 59.7 Å². The Kier molecular flexibility index (Phi) is 3.75. The van der Waals surface area contributed by atoms with E-state index in [9.17, 15) is 9.90 Å². The zero-order valence-electron chi connectivity index (χ0n) is 9.97. The van der Waals surface area contributed by atoms with E-state index in [-0.39, 0.29) is 0 Å². The fourth-order valence-corrected chi connectivity index (χ4v) is 1.98. The lowest BCUT2D eigenvalue weighted by Crippen LogP contribution is -2.03. The summed E-state index contributed by atoms with van der Waals surface area (Å²) in [4.78, 5) is 11.2. The van der Waals surface area contributed by atoms with E-state index in [0.29, 0.717) is 12.1 Å². The molecule has 0 saturated carbocycles. The first kappa shape index (κ1) is 12.3. The van der Waals surface area contributed by atoms with E-state index in [1.807, 2.05) is 36.4 Å². The molecule has 3 N–H and O–H groups in total. The number of aromatic carboxylic acids is 1. The summed E-state index contributed by atoms with van der Waals surface area (Å²) < 4.78 is 0. The maximum Gasteiger partial charge on any atom is 0.336 e. The summed E-state index contributed by atoms with van der Waals surface area (Å²) in [6.07, 6.45) is 0.795. The van der Waals surface area contributed by atoms with Gasteiger partial charge in [0.25, 0.3) is 0 Å². The molecule has 0 unspecified atom stereocenters. The van der Waals surface area contributed by atoms with Crippen LogP contribution in [-0.2, 0) is 6.42 Å². The van der Waals surface area contributed by atoms with E-state index in [0.717, 1.165) is 23.1 Å². The van der Waals surface area contributed by atoms with Crippen molar-refractivity contribution >= 4 is 5.97 Å². The van der Waals surface area contributed by atoms with Crippen LogP contribution >= 0.6 is 0 Å². The van der Waals surface area contributed by atoms with Gasteiger partial charge in [-0.05, 0) is 35.7 Å². The predicted molar refractivity (Wildman–Crippen MR) is 71.6 cm³/mol. The summed E-state index contributed by atoms with van der Waals surface area (Å²) >= 11 is 0. The number of benzene rings is 2. The van der Waals surface area contributed by atoms with Crippen LogP contribution in [0.15, 0.2) is 48.5 Å². The van der Waals surface area contributed by atoms with Crippen molar-refractivity contribution in [3.63, 3.8) is 0 Å². The minimum absolute atomic E-state index is 0.322. The first-order valence-corrected chi connectivity index (χ1v) is 5.84. The highest BCUT2D eigenvalue weighted by molar-refractivity contribution is 5.96. The number of carbonyl (C=O) groups is 1. The van der Waals surface area contributed by atoms with Crippen molar-refractivity contribution in [3.8, 4) is 11.1 Å². The number of nitrogens with two attached hydrogens (primary N) is 1. The van der Waals surface area contributed by atoms with Crippen molar-refractivity contribution in [2.45, 2.75) is 6.42 Å². The molecule has 0 fully saturated rings. The number of carboxylic acid groups (broad SMARTS) is 1. The maximum absolute atomic E-state index is 11.2. The van der Waals surface area contributed by atoms with Crippen LogP contribution in [-0.4, -0.2) is 17.6 Å². The SMILES string of the molecule is NCCc1cccc(-c2ccccc2C(=O)O)c1. The van der Waals surface area contributed by atoms with Crippen LogP contribution in [0.4, 0.5) is 0 Å². The third-order valence-corrected chi connectivity index (χ3v) is 2.83. The zero-order valence-corrected chi connectivity index (χ0v) is 9.97. The third-order valence-electron chi connectivity index (χ3n) is 2.83. The first-order valence-electron chi connectivity index (χ1n) is 5.84. The average Bonchev–Trinajstić information content (AvgIpc) is 2.39. The van der Waals surface area contributed by atoms with E-state index in [1.165, 1.54) is 0 Å². The molecule has 3 nitrogen and oxygen atoms in total. The summed E-state index contributed by atoms with van der Waals surface area (Å²) in [5.74, 6) is -0.908. The van der Waals surface area contributed by atoms with Gasteiger partial charge in [0.1, 0.15) is 0 Å². The minimum atomic E-state index is -0.908. The highest BCUT2D eigenvalue weighted by Gasteiger charge is 2.10. The van der Waals surface area contributed by atoms with E-state index in [2.05, 4.69) is 0 Å². The normalized spacial score (nSPS) is 10.3. The van der Waals surface area contributed by atoms with Gasteiger partial charge in [-0.25, -0.2) is 4.79 Å². The van der Waals surface area contributed by atoms with Gasteiger partial charge >= 0.3 is 5.97 Å². The summed E-state index contributed by atoms with van der Waals surface area (Å²) in [6.45, 7) is 0.587. The Morgan fingerprint density at radius 1 is 1.11 bits per heavy atom. The van der Waals surface area contributed by atoms with Crippen LogP contribution in [0.25, 0.3) is 11.1 Å². The van der Waals surface area contributed by atoms with E-state index in [4.69, 9.17) is 5.73 Å². The molecule has 3 heteroatoms. The Hall–Kier alpha value is -2.13. The molecule has 0 bridgehead atoms. The number of hydrogen-bond donors (Lipinski definition) is 2. The Labute approximate surface area is 106 Å². The second-order valence-corrected chi connectivity index (χ2v) is 4.09. The lowest BCUT2D eigenvalue weighted by atomic mass is 9.97. The highest BCUT2D eigenvalue weighted by Crippen LogP contribution is 2.24. The first-order chi connectivity index (χ1) is 8.72. The van der Waals surface area contributed by atoms with E-state index in [1.54, 1.807) is 12.1 Å². The largest absolute Gasteiger partial charge is 0.478 e. The molecular weight excluding hydrogens is 226 g/mol. The van der Waals surface area contributed by atoms with Crippen LogP contribution in [0.1, 0.15) is 15.9 Å². The lowest BCUT2D eigenvalue weighted by molar-refractivity contribution is 0.0697. The Morgan fingerprint density at radius 3 is 2.61 bits per heavy atom. The molecule has 0 spiro atoms. The smallest absolute Gasteiger partial charge is 0.336 e. The Balaban J connectivity index is 2.48. The van der Waals surface area contributed by atoms with Crippen molar-refractivity contribution < 1.29 is 9.90 Å². The Bertz CT molecular complexity index is 564. The molecule has 0 heterocycles. The second kappa shape index (κ2) is 5.47. The van der Waals surface area contributed by atoms with Gasteiger partial charge in [-0.1, -0.05) is 42.5 Å². The van der Waals surface area contributed by atoms with Crippen molar-refractivity contribution in [1.82, 2.24) is 0 Å². The van der Waals surface area contributed by atoms with E-state index >= 15 is 0 Å². The molecule has 0 aliphatic rings. The molecule has 0 atom stereocenters. The zero-order chi connectivity index (χ0) is 13.0. The highest BCUT2D eigenvalue weighted by atomic mass is 16.4. The van der Waals surface area contributed by atoms with Crippen LogP contribution in [0.5, 0.6) is 0 Å². The summed E-state index contributed by atoms with van der Waals surface area (Å²) in [5, 5.41) is 9.18. The quantitative estimate of drug-likeness (QED) is 0.864. The van der Waals surface area contributed by atoms with Crippen LogP contribution < -0.4 is 5.73 Å². The molecule has 92 valence electrons. The van der Waals surface area contributed by atoms with Gasteiger partial charge in [0.15, 0.2) is 0 Å². The summed E-state index contributed by atoms with van der Waals surface area (Å²) in [5.41, 5.74) is 8.63. The molecule has 2 aromatic carbocycles. The van der Waals surface area contributed by atoms with Crippen LogP contribution in [0.2, 0.25) is 0 Å². The van der Waals surface area contributed by atoms with Gasteiger partial charge in [0.2, 0.25) is 0 Å². The molecule has 2 rings (SSSR count). The Morgan fingerprint density at radius 2 is 1.89 bits per heavy atom. The van der Waals surface area contributed by atoms with Crippen molar-refractivity contribution in [2.24, 2.45) is 5.73 Å². The molecule has 0 aromatic heterocycles. The van der Waals surface area contributed by atoms with Crippen LogP contribution in [0.3, 0.4) is 0 Å². The third kappa shape index (κ3) is 2.57. The van der Waals surface area contributed by atoms with Gasteiger partial charge in [-0.3, -0.25) is 0 Å². The summed E-state index contributed by atoms with van der Waals surface area (Å²) in [7, 11) is 0. The molecule has 0 aliphatic heterocycles. The molecule has 18 heavy (non-hydrogen) atoms. The number of rotatable bonds is 4. The number of hydrogen-bond acceptors (Lipinski definition) is 2. The monoisotopic (exact) mass is 241 g/mol.